The minimum absolute atomic E-state index is 0.0100. The van der Waals surface area contributed by atoms with Crippen LogP contribution in [0.2, 0.25) is 0 Å². The standard InChI is InChI=1S/C34H38F3N7O4/c1-33(2,3)48-32(46)44-16-14-43(15-17-44)28-12-10-24(19-27(28)34(35,36)37)40-31(45)23-7-5-6-22(18-23)8-9-25-20-29(42-41-25)39-26-11-13-30(47-4)38-21-26/h5-7,10-13,18-21H,8-9,14-17H2,1-4H3,(H,40,45)(H2,39,41,42). The lowest BCUT2D eigenvalue weighted by Gasteiger charge is -2.37. The number of anilines is 4. The summed E-state index contributed by atoms with van der Waals surface area (Å²) in [6, 6.07) is 16.2. The van der Waals surface area contributed by atoms with E-state index in [1.54, 1.807) is 63.2 Å². The van der Waals surface area contributed by atoms with E-state index in [0.717, 1.165) is 23.0 Å². The maximum atomic E-state index is 14.2. The van der Waals surface area contributed by atoms with Gasteiger partial charge in [0.2, 0.25) is 5.88 Å². The summed E-state index contributed by atoms with van der Waals surface area (Å²) in [6.07, 6.45) is -2.30. The first-order valence-corrected chi connectivity index (χ1v) is 15.4. The van der Waals surface area contributed by atoms with Gasteiger partial charge < -0.3 is 29.9 Å². The van der Waals surface area contributed by atoms with Crippen LogP contribution >= 0.6 is 0 Å². The first kappa shape index (κ1) is 34.1. The van der Waals surface area contributed by atoms with E-state index in [1.807, 2.05) is 18.2 Å². The van der Waals surface area contributed by atoms with E-state index in [2.05, 4.69) is 25.8 Å². The molecule has 1 saturated heterocycles. The van der Waals surface area contributed by atoms with Crippen molar-refractivity contribution in [3.8, 4) is 5.88 Å². The largest absolute Gasteiger partial charge is 0.481 e. The number of halogens is 3. The number of carbonyl (C=O) groups excluding carboxylic acids is 2. The Morgan fingerprint density at radius 1 is 0.938 bits per heavy atom. The number of hydrogen-bond donors (Lipinski definition) is 3. The maximum absolute atomic E-state index is 14.2. The molecule has 48 heavy (non-hydrogen) atoms. The highest BCUT2D eigenvalue weighted by Gasteiger charge is 2.36. The summed E-state index contributed by atoms with van der Waals surface area (Å²) in [5.41, 5.74) is 1.31. The first-order chi connectivity index (χ1) is 22.8. The number of alkyl halides is 3. The van der Waals surface area contributed by atoms with Gasteiger partial charge in [0.15, 0.2) is 5.82 Å². The third-order valence-corrected chi connectivity index (χ3v) is 7.55. The Morgan fingerprint density at radius 2 is 1.69 bits per heavy atom. The Morgan fingerprint density at radius 3 is 2.35 bits per heavy atom. The van der Waals surface area contributed by atoms with Gasteiger partial charge >= 0.3 is 12.3 Å². The van der Waals surface area contributed by atoms with Gasteiger partial charge in [-0.1, -0.05) is 12.1 Å². The lowest BCUT2D eigenvalue weighted by Crippen LogP contribution is -2.50. The zero-order chi connectivity index (χ0) is 34.5. The fourth-order valence-corrected chi connectivity index (χ4v) is 5.20. The topological polar surface area (TPSA) is 125 Å². The van der Waals surface area contributed by atoms with Crippen molar-refractivity contribution in [1.29, 1.82) is 0 Å². The molecular formula is C34H38F3N7O4. The average molecular weight is 666 g/mol. The Labute approximate surface area is 276 Å². The molecule has 3 N–H and O–H groups in total. The van der Waals surface area contributed by atoms with Gasteiger partial charge in [-0.3, -0.25) is 9.89 Å². The molecule has 2 amide bonds. The fourth-order valence-electron chi connectivity index (χ4n) is 5.20. The molecule has 2 aromatic carbocycles. The number of aryl methyl sites for hydroxylation is 2. The van der Waals surface area contributed by atoms with Crippen LogP contribution in [0, 0.1) is 0 Å². The van der Waals surface area contributed by atoms with Crippen LogP contribution in [0.15, 0.2) is 66.9 Å². The Kier molecular flexibility index (Phi) is 10.1. The third-order valence-electron chi connectivity index (χ3n) is 7.55. The SMILES string of the molecule is COc1ccc(Nc2cc(CCc3cccc(C(=O)Nc4ccc(N5CCN(C(=O)OC(C)(C)C)CC5)c(C(F)(F)F)c4)c3)[nH]n2)cn1. The molecular weight excluding hydrogens is 627 g/mol. The molecule has 0 radical (unpaired) electrons. The minimum atomic E-state index is -4.66. The van der Waals surface area contributed by atoms with E-state index >= 15 is 0 Å². The maximum Gasteiger partial charge on any atom is 0.418 e. The number of methoxy groups -OCH3 is 1. The van der Waals surface area contributed by atoms with Crippen molar-refractivity contribution >= 4 is 34.9 Å². The summed E-state index contributed by atoms with van der Waals surface area (Å²) in [7, 11) is 1.55. The van der Waals surface area contributed by atoms with Gasteiger partial charge in [0.1, 0.15) is 5.60 Å². The second kappa shape index (κ2) is 14.2. The van der Waals surface area contributed by atoms with Crippen molar-refractivity contribution in [2.45, 2.75) is 45.4 Å². The molecule has 1 aliphatic rings. The molecule has 0 unspecified atom stereocenters. The van der Waals surface area contributed by atoms with Gasteiger partial charge in [-0.15, -0.1) is 0 Å². The predicted octanol–water partition coefficient (Wildman–Crippen LogP) is 6.67. The molecule has 1 fully saturated rings. The lowest BCUT2D eigenvalue weighted by molar-refractivity contribution is -0.137. The van der Waals surface area contributed by atoms with Crippen molar-refractivity contribution in [1.82, 2.24) is 20.1 Å². The number of amides is 2. The summed E-state index contributed by atoms with van der Waals surface area (Å²) in [4.78, 5) is 32.7. The second-order valence-corrected chi connectivity index (χ2v) is 12.3. The van der Waals surface area contributed by atoms with Crippen LogP contribution < -0.4 is 20.3 Å². The zero-order valence-electron chi connectivity index (χ0n) is 27.1. The smallest absolute Gasteiger partial charge is 0.418 e. The monoisotopic (exact) mass is 665 g/mol. The summed E-state index contributed by atoms with van der Waals surface area (Å²) in [5.74, 6) is 0.606. The third kappa shape index (κ3) is 8.96. The van der Waals surface area contributed by atoms with Crippen molar-refractivity contribution in [2.75, 3.05) is 48.8 Å². The van der Waals surface area contributed by atoms with Crippen LogP contribution in [-0.2, 0) is 23.8 Å². The lowest BCUT2D eigenvalue weighted by atomic mass is 10.0. The van der Waals surface area contributed by atoms with E-state index in [0.29, 0.717) is 30.1 Å². The number of aromatic amines is 1. The number of hydrogen-bond acceptors (Lipinski definition) is 8. The first-order valence-electron chi connectivity index (χ1n) is 15.4. The number of piperazine rings is 1. The molecule has 3 heterocycles. The molecule has 254 valence electrons. The van der Waals surface area contributed by atoms with Crippen LogP contribution in [0.5, 0.6) is 5.88 Å². The van der Waals surface area contributed by atoms with Gasteiger partial charge in [-0.05, 0) is 75.6 Å². The van der Waals surface area contributed by atoms with Crippen molar-refractivity contribution in [3.05, 3.63) is 89.2 Å². The number of aromatic nitrogens is 3. The number of H-pyrrole nitrogens is 1. The zero-order valence-corrected chi connectivity index (χ0v) is 27.1. The number of nitrogens with zero attached hydrogens (tertiary/aromatic N) is 4. The number of carbonyl (C=O) groups is 2. The Hall–Kier alpha value is -5.27. The van der Waals surface area contributed by atoms with Gasteiger partial charge in [0.25, 0.3) is 5.91 Å². The van der Waals surface area contributed by atoms with Gasteiger partial charge in [0.05, 0.1) is 24.6 Å². The Balaban J connectivity index is 1.19. The molecule has 0 spiro atoms. The number of nitrogens with one attached hydrogen (secondary N) is 3. The quantitative estimate of drug-likeness (QED) is 0.181. The molecule has 5 rings (SSSR count). The molecule has 0 bridgehead atoms. The highest BCUT2D eigenvalue weighted by molar-refractivity contribution is 6.04. The average Bonchev–Trinajstić information content (AvgIpc) is 3.50. The summed E-state index contributed by atoms with van der Waals surface area (Å²) in [5, 5.41) is 13.1. The molecule has 2 aromatic heterocycles. The normalized spacial score (nSPS) is 13.6. The van der Waals surface area contributed by atoms with Crippen LogP contribution in [0.25, 0.3) is 0 Å². The number of pyridine rings is 1. The molecule has 0 aliphatic carbocycles. The molecule has 14 heteroatoms. The Bertz CT molecular complexity index is 1730. The number of rotatable bonds is 9. The fraction of sp³-hybridized carbons (Fsp3) is 0.353. The highest BCUT2D eigenvalue weighted by atomic mass is 19.4. The van der Waals surface area contributed by atoms with Crippen molar-refractivity contribution in [2.24, 2.45) is 0 Å². The van der Waals surface area contributed by atoms with Crippen LogP contribution in [0.1, 0.15) is 48.0 Å². The van der Waals surface area contributed by atoms with Crippen LogP contribution in [-0.4, -0.2) is 71.0 Å². The summed E-state index contributed by atoms with van der Waals surface area (Å²) >= 11 is 0. The highest BCUT2D eigenvalue weighted by Crippen LogP contribution is 2.39. The summed E-state index contributed by atoms with van der Waals surface area (Å²) in [6.45, 7) is 6.13. The number of ether oxygens (including phenoxy) is 2. The molecule has 4 aromatic rings. The van der Waals surface area contributed by atoms with E-state index in [-0.39, 0.29) is 37.6 Å². The van der Waals surface area contributed by atoms with Crippen molar-refractivity contribution in [3.63, 3.8) is 0 Å². The molecule has 11 nitrogen and oxygen atoms in total. The van der Waals surface area contributed by atoms with Gasteiger partial charge in [0, 0.05) is 60.9 Å². The summed E-state index contributed by atoms with van der Waals surface area (Å²) < 4.78 is 53.1. The van der Waals surface area contributed by atoms with Crippen LogP contribution in [0.4, 0.5) is 40.8 Å². The predicted molar refractivity (Wildman–Crippen MR) is 176 cm³/mol. The van der Waals surface area contributed by atoms with Gasteiger partial charge in [-0.2, -0.15) is 18.3 Å². The molecule has 0 atom stereocenters. The van der Waals surface area contributed by atoms with Crippen molar-refractivity contribution < 1.29 is 32.2 Å². The van der Waals surface area contributed by atoms with E-state index in [4.69, 9.17) is 9.47 Å². The second-order valence-electron chi connectivity index (χ2n) is 12.3. The molecule has 1 aliphatic heterocycles. The van der Waals surface area contributed by atoms with Gasteiger partial charge in [-0.25, -0.2) is 9.78 Å². The number of benzene rings is 2. The minimum Gasteiger partial charge on any atom is -0.481 e. The van der Waals surface area contributed by atoms with E-state index < -0.39 is 29.3 Å². The van der Waals surface area contributed by atoms with E-state index in [1.165, 1.54) is 17.0 Å². The van der Waals surface area contributed by atoms with Crippen LogP contribution in [0.3, 0.4) is 0 Å². The van der Waals surface area contributed by atoms with E-state index in [9.17, 15) is 22.8 Å². The molecule has 0 saturated carbocycles.